The van der Waals surface area contributed by atoms with Gasteiger partial charge in [0.15, 0.2) is 0 Å². The number of hydrogen-bond donors (Lipinski definition) is 1. The van der Waals surface area contributed by atoms with Crippen molar-refractivity contribution in [1.29, 1.82) is 0 Å². The Kier molecular flexibility index (Phi) is 5.53. The molecule has 0 radical (unpaired) electrons. The monoisotopic (exact) mass is 203 g/mol. The van der Waals surface area contributed by atoms with Crippen LogP contribution in [0.5, 0.6) is 0 Å². The average molecular weight is 203 g/mol. The molecule has 0 aliphatic rings. The Labute approximate surface area is 81.0 Å². The first-order valence-electron chi connectivity index (χ1n) is 4.42. The predicted octanol–water partition coefficient (Wildman–Crippen LogP) is 0.395. The number of carbonyl (C=O) groups excluding carboxylic acids is 1. The Morgan fingerprint density at radius 2 is 2.00 bits per heavy atom. The second-order valence-corrected chi connectivity index (χ2v) is 3.53. The molecule has 1 N–H and O–H groups in total. The Morgan fingerprint density at radius 1 is 1.46 bits per heavy atom. The normalized spacial score (nSPS) is 10.7. The standard InChI is InChI=1S/C8H17NO3Si/c1-4-8(5-2,9-13-11)6-7(10)12-3/h9,13H,4-6H2,1-3H3. The van der Waals surface area contributed by atoms with Gasteiger partial charge in [-0.05, 0) is 12.8 Å². The lowest BCUT2D eigenvalue weighted by molar-refractivity contribution is -0.142. The van der Waals surface area contributed by atoms with Crippen LogP contribution >= 0.6 is 0 Å². The van der Waals surface area contributed by atoms with Crippen LogP contribution in [0.25, 0.3) is 0 Å². The van der Waals surface area contributed by atoms with Crippen LogP contribution in [0.2, 0.25) is 0 Å². The van der Waals surface area contributed by atoms with Gasteiger partial charge in [-0.3, -0.25) is 4.79 Å². The number of nitrogens with one attached hydrogen (secondary N) is 1. The molecule has 0 unspecified atom stereocenters. The lowest BCUT2D eigenvalue weighted by Gasteiger charge is -2.30. The Morgan fingerprint density at radius 3 is 2.31 bits per heavy atom. The average Bonchev–Trinajstić information content (AvgIpc) is 2.17. The Hall–Kier alpha value is -0.713. The highest BCUT2D eigenvalue weighted by Gasteiger charge is 2.28. The Balaban J connectivity index is 4.36. The molecule has 0 fully saturated rings. The highest BCUT2D eigenvalue weighted by molar-refractivity contribution is 6.13. The van der Waals surface area contributed by atoms with E-state index in [1.54, 1.807) is 0 Å². The topological polar surface area (TPSA) is 55.4 Å². The number of ether oxygens (including phenoxy) is 1. The van der Waals surface area contributed by atoms with E-state index in [4.69, 9.17) is 0 Å². The molecule has 5 heteroatoms. The van der Waals surface area contributed by atoms with E-state index < -0.39 is 9.57 Å². The van der Waals surface area contributed by atoms with Crippen molar-refractivity contribution in [2.45, 2.75) is 38.6 Å². The summed E-state index contributed by atoms with van der Waals surface area (Å²) in [4.78, 5) is 14.0. The maximum Gasteiger partial charge on any atom is 0.377 e. The summed E-state index contributed by atoms with van der Waals surface area (Å²) in [6.45, 7) is 3.93. The van der Waals surface area contributed by atoms with Crippen molar-refractivity contribution in [3.8, 4) is 0 Å². The van der Waals surface area contributed by atoms with Gasteiger partial charge >= 0.3 is 15.5 Å². The smallest absolute Gasteiger partial charge is 0.377 e. The summed E-state index contributed by atoms with van der Waals surface area (Å²) in [5.41, 5.74) is -0.343. The number of carbonyl (C=O) groups is 1. The van der Waals surface area contributed by atoms with Gasteiger partial charge in [-0.2, -0.15) is 0 Å². The minimum atomic E-state index is -1.03. The summed E-state index contributed by atoms with van der Waals surface area (Å²) in [6.07, 6.45) is 1.83. The molecule has 0 atom stereocenters. The van der Waals surface area contributed by atoms with Gasteiger partial charge in [0, 0.05) is 5.54 Å². The van der Waals surface area contributed by atoms with Crippen LogP contribution in [-0.4, -0.2) is 28.2 Å². The zero-order chi connectivity index (χ0) is 10.3. The SMILES string of the molecule is CCC(CC)(CC(=O)OC)N[SiH]=O. The van der Waals surface area contributed by atoms with E-state index in [0.717, 1.165) is 12.8 Å². The molecule has 0 saturated carbocycles. The van der Waals surface area contributed by atoms with Gasteiger partial charge in [0.2, 0.25) is 0 Å². The highest BCUT2D eigenvalue weighted by atomic mass is 28.2. The summed E-state index contributed by atoms with van der Waals surface area (Å²) in [5, 5.41) is 0. The third kappa shape index (κ3) is 3.67. The molecule has 76 valence electrons. The number of hydrogen-bond acceptors (Lipinski definition) is 3. The van der Waals surface area contributed by atoms with Crippen LogP contribution in [0, 0.1) is 0 Å². The predicted molar refractivity (Wildman–Crippen MR) is 50.9 cm³/mol. The summed E-state index contributed by atoms with van der Waals surface area (Å²) < 4.78 is 15.1. The van der Waals surface area contributed by atoms with Crippen molar-refractivity contribution >= 4 is 15.5 Å². The molecule has 0 heterocycles. The number of rotatable bonds is 6. The van der Waals surface area contributed by atoms with Crippen LogP contribution < -0.4 is 4.98 Å². The van der Waals surface area contributed by atoms with Crippen LogP contribution in [-0.2, 0) is 14.0 Å². The zero-order valence-corrected chi connectivity index (χ0v) is 9.58. The van der Waals surface area contributed by atoms with Crippen molar-refractivity contribution < 1.29 is 14.0 Å². The van der Waals surface area contributed by atoms with E-state index in [0.29, 0.717) is 0 Å². The molecular formula is C8H17NO3Si. The van der Waals surface area contributed by atoms with E-state index >= 15 is 0 Å². The van der Waals surface area contributed by atoms with Crippen LogP contribution in [0.4, 0.5) is 0 Å². The maximum atomic E-state index is 11.1. The van der Waals surface area contributed by atoms with Crippen molar-refractivity contribution in [1.82, 2.24) is 4.98 Å². The van der Waals surface area contributed by atoms with Crippen molar-refractivity contribution in [2.24, 2.45) is 0 Å². The van der Waals surface area contributed by atoms with Crippen LogP contribution in [0.3, 0.4) is 0 Å². The molecule has 0 rings (SSSR count). The molecule has 0 amide bonds. The molecule has 0 saturated heterocycles. The quantitative estimate of drug-likeness (QED) is 0.501. The summed E-state index contributed by atoms with van der Waals surface area (Å²) in [6, 6.07) is 0. The fourth-order valence-electron chi connectivity index (χ4n) is 1.23. The van der Waals surface area contributed by atoms with Crippen molar-refractivity contribution in [3.63, 3.8) is 0 Å². The fraction of sp³-hybridized carbons (Fsp3) is 0.875. The van der Waals surface area contributed by atoms with Crippen molar-refractivity contribution in [2.75, 3.05) is 7.11 Å². The minimum Gasteiger partial charge on any atom is -0.469 e. The van der Waals surface area contributed by atoms with Gasteiger partial charge in [-0.15, -0.1) is 0 Å². The summed E-state index contributed by atoms with van der Waals surface area (Å²) in [5.74, 6) is -0.260. The van der Waals surface area contributed by atoms with E-state index in [1.165, 1.54) is 7.11 Å². The number of methoxy groups -OCH3 is 1. The maximum absolute atomic E-state index is 11.1. The second kappa shape index (κ2) is 5.85. The van der Waals surface area contributed by atoms with Gasteiger partial charge in [0.05, 0.1) is 13.5 Å². The van der Waals surface area contributed by atoms with Gasteiger partial charge in [0.25, 0.3) is 0 Å². The molecule has 0 aromatic carbocycles. The minimum absolute atomic E-state index is 0.260. The third-order valence-electron chi connectivity index (χ3n) is 2.43. The van der Waals surface area contributed by atoms with Gasteiger partial charge in [-0.1, -0.05) is 13.8 Å². The van der Waals surface area contributed by atoms with Gasteiger partial charge < -0.3 is 14.2 Å². The molecule has 0 aliphatic carbocycles. The van der Waals surface area contributed by atoms with Crippen LogP contribution in [0.1, 0.15) is 33.1 Å². The molecule has 4 nitrogen and oxygen atoms in total. The first-order valence-corrected chi connectivity index (χ1v) is 5.47. The molecule has 0 aliphatic heterocycles. The first-order chi connectivity index (χ1) is 6.14. The second-order valence-electron chi connectivity index (χ2n) is 3.00. The molecule has 0 spiro atoms. The molecule has 13 heavy (non-hydrogen) atoms. The lowest BCUT2D eigenvalue weighted by Crippen LogP contribution is -2.46. The van der Waals surface area contributed by atoms with Crippen LogP contribution in [0.15, 0.2) is 0 Å². The molecule has 0 aromatic heterocycles. The lowest BCUT2D eigenvalue weighted by atomic mass is 9.90. The molecule has 0 aromatic rings. The summed E-state index contributed by atoms with van der Waals surface area (Å²) in [7, 11) is 0.336. The number of esters is 1. The first kappa shape index (κ1) is 12.3. The van der Waals surface area contributed by atoms with E-state index in [-0.39, 0.29) is 17.9 Å². The highest BCUT2D eigenvalue weighted by Crippen LogP contribution is 2.19. The van der Waals surface area contributed by atoms with Crippen molar-refractivity contribution in [3.05, 3.63) is 0 Å². The van der Waals surface area contributed by atoms with E-state index in [9.17, 15) is 9.26 Å². The zero-order valence-electron chi connectivity index (χ0n) is 8.42. The molecule has 0 bridgehead atoms. The van der Waals surface area contributed by atoms with Gasteiger partial charge in [0.1, 0.15) is 0 Å². The van der Waals surface area contributed by atoms with Gasteiger partial charge in [-0.25, -0.2) is 0 Å². The largest absolute Gasteiger partial charge is 0.469 e. The fourth-order valence-corrected chi connectivity index (χ4v) is 1.99. The molecular weight excluding hydrogens is 186 g/mol. The summed E-state index contributed by atoms with van der Waals surface area (Å²) >= 11 is 0. The van der Waals surface area contributed by atoms with E-state index in [2.05, 4.69) is 9.72 Å². The Bertz CT molecular complexity index is 180. The third-order valence-corrected chi connectivity index (χ3v) is 3.16. The van der Waals surface area contributed by atoms with E-state index in [1.807, 2.05) is 13.8 Å².